The van der Waals surface area contributed by atoms with Gasteiger partial charge in [-0.25, -0.2) is 5.09 Å². The molecule has 0 aliphatic heterocycles. The molecular formula is C19H26NO4P. The fourth-order valence-corrected chi connectivity index (χ4v) is 4.02. The monoisotopic (exact) mass is 363 g/mol. The maximum absolute atomic E-state index is 13.4. The average Bonchev–Trinajstić information content (AvgIpc) is 2.54. The van der Waals surface area contributed by atoms with Crippen LogP contribution in [0.2, 0.25) is 0 Å². The Balaban J connectivity index is 2.27. The Morgan fingerprint density at radius 3 is 2.28 bits per heavy atom. The van der Waals surface area contributed by atoms with Crippen LogP contribution in [0, 0.1) is 0 Å². The molecule has 0 fully saturated rings. The Hall–Kier alpha value is -1.84. The van der Waals surface area contributed by atoms with E-state index in [0.29, 0.717) is 5.75 Å². The van der Waals surface area contributed by atoms with Crippen LogP contribution < -0.4 is 9.61 Å². The molecule has 0 aliphatic carbocycles. The van der Waals surface area contributed by atoms with Crippen LogP contribution in [0.5, 0.6) is 5.75 Å². The molecule has 2 atom stereocenters. The zero-order valence-corrected chi connectivity index (χ0v) is 16.2. The Kier molecular flexibility index (Phi) is 6.26. The molecule has 2 rings (SSSR count). The predicted octanol–water partition coefficient (Wildman–Crippen LogP) is 4.75. The molecule has 1 unspecified atom stereocenters. The number of carbonyl (C=O) groups is 1. The topological polar surface area (TPSA) is 64.6 Å². The van der Waals surface area contributed by atoms with Crippen molar-refractivity contribution in [3.8, 4) is 5.75 Å². The van der Waals surface area contributed by atoms with E-state index in [1.165, 1.54) is 0 Å². The Morgan fingerprint density at radius 1 is 1.00 bits per heavy atom. The zero-order chi connectivity index (χ0) is 18.6. The third kappa shape index (κ3) is 4.83. The summed E-state index contributed by atoms with van der Waals surface area (Å²) in [5.41, 5.74) is -0.305. The van der Waals surface area contributed by atoms with Crippen molar-refractivity contribution in [3.05, 3.63) is 42.5 Å². The molecule has 2 aromatic rings. The molecule has 0 bridgehead atoms. The third-order valence-electron chi connectivity index (χ3n) is 3.74. The van der Waals surface area contributed by atoms with Gasteiger partial charge in [0.05, 0.1) is 11.8 Å². The average molecular weight is 363 g/mol. The van der Waals surface area contributed by atoms with Crippen molar-refractivity contribution >= 4 is 24.3 Å². The summed E-state index contributed by atoms with van der Waals surface area (Å²) in [7, 11) is -3.32. The van der Waals surface area contributed by atoms with Gasteiger partial charge in [0.15, 0.2) is 0 Å². The molecule has 5 nitrogen and oxygen atoms in total. The van der Waals surface area contributed by atoms with Gasteiger partial charge in [0.2, 0.25) is 0 Å². The summed E-state index contributed by atoms with van der Waals surface area (Å²) in [5, 5.41) is 4.75. The number of nitrogens with one attached hydrogen (secondary N) is 1. The molecule has 1 N–H and O–H groups in total. The van der Waals surface area contributed by atoms with Crippen molar-refractivity contribution < 1.29 is 18.6 Å². The second-order valence-electron chi connectivity index (χ2n) is 6.60. The van der Waals surface area contributed by atoms with Crippen molar-refractivity contribution in [2.24, 2.45) is 0 Å². The molecule has 0 spiro atoms. The Labute approximate surface area is 149 Å². The lowest BCUT2D eigenvalue weighted by molar-refractivity contribution is -0.149. The van der Waals surface area contributed by atoms with E-state index in [9.17, 15) is 9.36 Å². The van der Waals surface area contributed by atoms with Gasteiger partial charge in [0.1, 0.15) is 11.8 Å². The fourth-order valence-electron chi connectivity index (χ4n) is 2.36. The maximum Gasteiger partial charge on any atom is 0.323 e. The minimum atomic E-state index is -3.32. The zero-order valence-electron chi connectivity index (χ0n) is 15.4. The first-order chi connectivity index (χ1) is 11.7. The molecule has 0 aromatic heterocycles. The van der Waals surface area contributed by atoms with E-state index in [4.69, 9.17) is 9.26 Å². The van der Waals surface area contributed by atoms with Crippen molar-refractivity contribution in [3.63, 3.8) is 0 Å². The van der Waals surface area contributed by atoms with Gasteiger partial charge >= 0.3 is 13.5 Å². The van der Waals surface area contributed by atoms with Gasteiger partial charge in [-0.2, -0.15) is 0 Å². The van der Waals surface area contributed by atoms with Gasteiger partial charge in [-0.15, -0.1) is 0 Å². The summed E-state index contributed by atoms with van der Waals surface area (Å²) in [6.07, 6.45) is -0.228. The van der Waals surface area contributed by atoms with Gasteiger partial charge < -0.3 is 9.26 Å². The minimum Gasteiger partial charge on any atom is -0.462 e. The summed E-state index contributed by atoms with van der Waals surface area (Å²) in [4.78, 5) is 12.1. The molecule has 0 saturated carbocycles. The Morgan fingerprint density at radius 2 is 1.64 bits per heavy atom. The molecule has 25 heavy (non-hydrogen) atoms. The second-order valence-corrected chi connectivity index (χ2v) is 9.26. The summed E-state index contributed by atoms with van der Waals surface area (Å²) in [6.45, 7) is 8.80. The first-order valence-corrected chi connectivity index (χ1v) is 10.2. The standard InChI is InChI=1S/C19H26NO4P/c1-13(2)23-19(21)15(5)20-25(22,14(3)4)24-18-12-8-10-16-9-6-7-11-17(16)18/h6-15H,1-5H3,(H,20,22)/t15-,25?/m0/s1. The van der Waals surface area contributed by atoms with E-state index in [-0.39, 0.29) is 11.8 Å². The highest BCUT2D eigenvalue weighted by atomic mass is 31.2. The predicted molar refractivity (Wildman–Crippen MR) is 101 cm³/mol. The molecular weight excluding hydrogens is 337 g/mol. The van der Waals surface area contributed by atoms with E-state index in [1.807, 2.05) is 36.4 Å². The van der Waals surface area contributed by atoms with E-state index < -0.39 is 19.5 Å². The number of fused-ring (bicyclic) bond motifs is 1. The number of hydrogen-bond donors (Lipinski definition) is 1. The maximum atomic E-state index is 13.4. The van der Waals surface area contributed by atoms with E-state index >= 15 is 0 Å². The summed E-state index contributed by atoms with van der Waals surface area (Å²) >= 11 is 0. The molecule has 2 aromatic carbocycles. The largest absolute Gasteiger partial charge is 0.462 e. The Bertz CT molecular complexity index is 783. The number of esters is 1. The second kappa shape index (κ2) is 8.03. The molecule has 0 amide bonds. The normalized spacial score (nSPS) is 15.2. The van der Waals surface area contributed by atoms with Gasteiger partial charge in [-0.1, -0.05) is 50.2 Å². The number of rotatable bonds is 7. The van der Waals surface area contributed by atoms with Crippen LogP contribution in [0.25, 0.3) is 10.8 Å². The van der Waals surface area contributed by atoms with Crippen LogP contribution in [0.3, 0.4) is 0 Å². The van der Waals surface area contributed by atoms with Gasteiger partial charge in [-0.3, -0.25) is 9.36 Å². The highest BCUT2D eigenvalue weighted by Crippen LogP contribution is 2.49. The first-order valence-electron chi connectivity index (χ1n) is 8.48. The lowest BCUT2D eigenvalue weighted by atomic mass is 10.1. The van der Waals surface area contributed by atoms with Gasteiger partial charge in [0, 0.05) is 5.39 Å². The fraction of sp³-hybridized carbons (Fsp3) is 0.421. The lowest BCUT2D eigenvalue weighted by Crippen LogP contribution is -2.37. The molecule has 0 heterocycles. The minimum absolute atomic E-state index is 0.228. The van der Waals surface area contributed by atoms with Crippen LogP contribution in [0.15, 0.2) is 42.5 Å². The van der Waals surface area contributed by atoms with Gasteiger partial charge in [0.25, 0.3) is 0 Å². The smallest absolute Gasteiger partial charge is 0.323 e. The van der Waals surface area contributed by atoms with Crippen LogP contribution in [-0.4, -0.2) is 23.8 Å². The third-order valence-corrected chi connectivity index (χ3v) is 6.32. The van der Waals surface area contributed by atoms with E-state index in [2.05, 4.69) is 5.09 Å². The van der Waals surface area contributed by atoms with E-state index in [0.717, 1.165) is 10.8 Å². The molecule has 0 radical (unpaired) electrons. The van der Waals surface area contributed by atoms with E-state index in [1.54, 1.807) is 40.7 Å². The van der Waals surface area contributed by atoms with Crippen molar-refractivity contribution in [1.29, 1.82) is 0 Å². The van der Waals surface area contributed by atoms with Gasteiger partial charge in [-0.05, 0) is 32.2 Å². The van der Waals surface area contributed by atoms with Crippen LogP contribution in [-0.2, 0) is 14.1 Å². The number of carbonyl (C=O) groups excluding carboxylic acids is 1. The lowest BCUT2D eigenvalue weighted by Gasteiger charge is -2.27. The molecule has 0 saturated heterocycles. The summed E-state index contributed by atoms with van der Waals surface area (Å²) in [5.74, 6) is 0.0875. The number of benzene rings is 2. The quantitative estimate of drug-likeness (QED) is 0.568. The van der Waals surface area contributed by atoms with Crippen LogP contribution in [0.1, 0.15) is 34.6 Å². The summed E-state index contributed by atoms with van der Waals surface area (Å²) in [6, 6.07) is 12.6. The van der Waals surface area contributed by atoms with Crippen molar-refractivity contribution in [1.82, 2.24) is 5.09 Å². The highest BCUT2D eigenvalue weighted by Gasteiger charge is 2.34. The molecule has 136 valence electrons. The van der Waals surface area contributed by atoms with Crippen LogP contribution in [0.4, 0.5) is 0 Å². The number of hydrogen-bond acceptors (Lipinski definition) is 4. The molecule has 6 heteroatoms. The first kappa shape index (κ1) is 19.5. The molecule has 0 aliphatic rings. The SMILES string of the molecule is CC(C)OC(=O)[C@H](C)NP(=O)(Oc1cccc2ccccc12)C(C)C. The highest BCUT2D eigenvalue weighted by molar-refractivity contribution is 7.58. The van der Waals surface area contributed by atoms with Crippen LogP contribution >= 0.6 is 7.52 Å². The van der Waals surface area contributed by atoms with Crippen molar-refractivity contribution in [2.45, 2.75) is 52.4 Å². The summed E-state index contributed by atoms with van der Waals surface area (Å²) < 4.78 is 24.5. The van der Waals surface area contributed by atoms with Crippen molar-refractivity contribution in [2.75, 3.05) is 0 Å². The number of ether oxygens (including phenoxy) is 1.